The molecule has 2 aromatic rings. The molecule has 0 bridgehead atoms. The van der Waals surface area contributed by atoms with Gasteiger partial charge in [0.2, 0.25) is 5.91 Å². The first-order chi connectivity index (χ1) is 18.9. The minimum Gasteiger partial charge on any atom is -0.508 e. The standard InChI is InChI=1S/C30H38F3N3O5/c1-17-20(11-8-12-22(17)37)25(39)35-21(14-18-9-7-10-19(31)13-18)23(38)27(41)36-16-30(32,33)29(5,6)24(36)26(40)34-15-28(2,3)4/h7-13,21,23-24,37-38H,14-16H2,1-6H3,(H,34,40)(H,35,39)/t21-,23?,24+/m0/s1. The van der Waals surface area contributed by atoms with Crippen LogP contribution in [-0.4, -0.2) is 70.0 Å². The first-order valence-electron chi connectivity index (χ1n) is 13.3. The van der Waals surface area contributed by atoms with Gasteiger partial charge in [-0.25, -0.2) is 13.2 Å². The summed E-state index contributed by atoms with van der Waals surface area (Å²) >= 11 is 0. The molecular formula is C30H38F3N3O5. The number of benzene rings is 2. The van der Waals surface area contributed by atoms with E-state index in [-0.39, 0.29) is 35.3 Å². The van der Waals surface area contributed by atoms with Gasteiger partial charge in [0.1, 0.15) is 17.6 Å². The van der Waals surface area contributed by atoms with Crippen molar-refractivity contribution < 1.29 is 37.8 Å². The Morgan fingerprint density at radius 1 is 1.12 bits per heavy atom. The molecule has 11 heteroatoms. The Labute approximate surface area is 237 Å². The van der Waals surface area contributed by atoms with Gasteiger partial charge in [-0.15, -0.1) is 0 Å². The molecule has 0 aliphatic carbocycles. The summed E-state index contributed by atoms with van der Waals surface area (Å²) in [7, 11) is 0. The molecule has 1 aliphatic rings. The molecule has 0 aromatic heterocycles. The lowest BCUT2D eigenvalue weighted by Crippen LogP contribution is -2.58. The number of phenolic OH excluding ortho intramolecular Hbond substituents is 1. The smallest absolute Gasteiger partial charge is 0.272 e. The van der Waals surface area contributed by atoms with E-state index in [0.717, 1.165) is 6.07 Å². The summed E-state index contributed by atoms with van der Waals surface area (Å²) in [6, 6.07) is 6.54. The van der Waals surface area contributed by atoms with Crippen LogP contribution >= 0.6 is 0 Å². The Kier molecular flexibility index (Phi) is 9.12. The van der Waals surface area contributed by atoms with Crippen LogP contribution in [0.15, 0.2) is 42.5 Å². The van der Waals surface area contributed by atoms with Crippen molar-refractivity contribution in [1.82, 2.24) is 15.5 Å². The van der Waals surface area contributed by atoms with Crippen molar-refractivity contribution in [1.29, 1.82) is 0 Å². The number of halogens is 3. The maximum atomic E-state index is 15.2. The van der Waals surface area contributed by atoms with E-state index in [1.807, 2.05) is 20.8 Å². The molecule has 0 spiro atoms. The Balaban J connectivity index is 1.96. The number of phenols is 1. The number of aromatic hydroxyl groups is 1. The van der Waals surface area contributed by atoms with E-state index in [1.54, 1.807) is 0 Å². The number of aliphatic hydroxyl groups is 1. The lowest BCUT2D eigenvalue weighted by Gasteiger charge is -2.35. The minimum atomic E-state index is -3.47. The van der Waals surface area contributed by atoms with E-state index in [1.165, 1.54) is 57.2 Å². The average molecular weight is 578 g/mol. The second-order valence-electron chi connectivity index (χ2n) is 12.4. The molecular weight excluding hydrogens is 539 g/mol. The van der Waals surface area contributed by atoms with Crippen LogP contribution in [0.4, 0.5) is 13.2 Å². The van der Waals surface area contributed by atoms with Gasteiger partial charge in [-0.05, 0) is 48.6 Å². The van der Waals surface area contributed by atoms with Crippen molar-refractivity contribution in [2.75, 3.05) is 13.1 Å². The number of aliphatic hydroxyl groups excluding tert-OH is 1. The van der Waals surface area contributed by atoms with Gasteiger partial charge in [0.15, 0.2) is 6.10 Å². The van der Waals surface area contributed by atoms with Gasteiger partial charge >= 0.3 is 0 Å². The van der Waals surface area contributed by atoms with Crippen LogP contribution in [0.25, 0.3) is 0 Å². The minimum absolute atomic E-state index is 0.0576. The molecule has 8 nitrogen and oxygen atoms in total. The summed E-state index contributed by atoms with van der Waals surface area (Å²) in [4.78, 5) is 40.7. The van der Waals surface area contributed by atoms with Crippen LogP contribution in [0.3, 0.4) is 0 Å². The first kappa shape index (κ1) is 31.9. The lowest BCUT2D eigenvalue weighted by molar-refractivity contribution is -0.148. The Hall–Kier alpha value is -3.60. The summed E-state index contributed by atoms with van der Waals surface area (Å²) in [5.41, 5.74) is -1.71. The van der Waals surface area contributed by atoms with Crippen LogP contribution in [-0.2, 0) is 16.0 Å². The van der Waals surface area contributed by atoms with Crippen LogP contribution in [0.1, 0.15) is 56.1 Å². The molecule has 4 N–H and O–H groups in total. The molecule has 1 aliphatic heterocycles. The summed E-state index contributed by atoms with van der Waals surface area (Å²) < 4.78 is 44.3. The number of alkyl halides is 2. The van der Waals surface area contributed by atoms with Gasteiger partial charge in [-0.1, -0.05) is 52.8 Å². The Morgan fingerprint density at radius 3 is 2.37 bits per heavy atom. The summed E-state index contributed by atoms with van der Waals surface area (Å²) in [6.07, 6.45) is -2.30. The third kappa shape index (κ3) is 7.01. The number of carbonyl (C=O) groups excluding carboxylic acids is 3. The molecule has 3 amide bonds. The molecule has 3 rings (SSSR count). The normalized spacial score (nSPS) is 19.4. The van der Waals surface area contributed by atoms with Crippen LogP contribution in [0.2, 0.25) is 0 Å². The molecule has 1 fully saturated rings. The second kappa shape index (κ2) is 11.7. The largest absolute Gasteiger partial charge is 0.508 e. The zero-order chi connectivity index (χ0) is 30.9. The molecule has 1 unspecified atom stereocenters. The number of hydrogen-bond acceptors (Lipinski definition) is 5. The van der Waals surface area contributed by atoms with Gasteiger partial charge in [-0.3, -0.25) is 14.4 Å². The number of hydrogen-bond donors (Lipinski definition) is 4. The van der Waals surface area contributed by atoms with Crippen molar-refractivity contribution >= 4 is 17.7 Å². The van der Waals surface area contributed by atoms with Crippen LogP contribution in [0, 0.1) is 23.6 Å². The Bertz CT molecular complexity index is 1310. The highest BCUT2D eigenvalue weighted by Gasteiger charge is 2.64. The van der Waals surface area contributed by atoms with Gasteiger partial charge in [0, 0.05) is 17.7 Å². The maximum Gasteiger partial charge on any atom is 0.272 e. The number of nitrogens with one attached hydrogen (secondary N) is 2. The molecule has 2 aromatic carbocycles. The monoisotopic (exact) mass is 577 g/mol. The van der Waals surface area contributed by atoms with Crippen molar-refractivity contribution in [2.24, 2.45) is 10.8 Å². The highest BCUT2D eigenvalue weighted by Crippen LogP contribution is 2.48. The Morgan fingerprint density at radius 2 is 1.76 bits per heavy atom. The topological polar surface area (TPSA) is 119 Å². The number of carbonyl (C=O) groups is 3. The number of nitrogens with zero attached hydrogens (tertiary/aromatic N) is 1. The third-order valence-electron chi connectivity index (χ3n) is 7.48. The van der Waals surface area contributed by atoms with Gasteiger partial charge in [0.25, 0.3) is 17.7 Å². The van der Waals surface area contributed by atoms with Crippen molar-refractivity contribution in [3.05, 3.63) is 65.0 Å². The van der Waals surface area contributed by atoms with Gasteiger partial charge in [-0.2, -0.15) is 0 Å². The fourth-order valence-corrected chi connectivity index (χ4v) is 4.84. The zero-order valence-corrected chi connectivity index (χ0v) is 24.1. The van der Waals surface area contributed by atoms with E-state index >= 15 is 8.78 Å². The number of rotatable bonds is 8. The number of amides is 3. The molecule has 41 heavy (non-hydrogen) atoms. The van der Waals surface area contributed by atoms with E-state index in [9.17, 15) is 29.0 Å². The quantitative estimate of drug-likeness (QED) is 0.383. The van der Waals surface area contributed by atoms with Gasteiger partial charge in [0.05, 0.1) is 18.0 Å². The predicted molar refractivity (Wildman–Crippen MR) is 147 cm³/mol. The molecule has 3 atom stereocenters. The van der Waals surface area contributed by atoms with E-state index in [4.69, 9.17) is 0 Å². The van der Waals surface area contributed by atoms with Crippen LogP contribution in [0.5, 0.6) is 5.75 Å². The summed E-state index contributed by atoms with van der Waals surface area (Å²) in [5, 5.41) is 26.5. The fraction of sp³-hybridized carbons (Fsp3) is 0.500. The second-order valence-corrected chi connectivity index (χ2v) is 12.4. The zero-order valence-electron chi connectivity index (χ0n) is 24.1. The number of likely N-dealkylation sites (tertiary alicyclic amines) is 1. The lowest BCUT2D eigenvalue weighted by atomic mass is 9.81. The van der Waals surface area contributed by atoms with E-state index in [2.05, 4.69) is 10.6 Å². The molecule has 0 radical (unpaired) electrons. The highest BCUT2D eigenvalue weighted by atomic mass is 19.3. The SMILES string of the molecule is Cc1c(O)cccc1C(=O)N[C@@H](Cc1cccc(F)c1)C(O)C(=O)N1CC(F)(F)C(C)(C)[C@H]1C(=O)NCC(C)(C)C. The van der Waals surface area contributed by atoms with E-state index in [0.29, 0.717) is 10.5 Å². The fourth-order valence-electron chi connectivity index (χ4n) is 4.84. The molecule has 224 valence electrons. The molecule has 1 heterocycles. The predicted octanol–water partition coefficient (Wildman–Crippen LogP) is 3.58. The average Bonchev–Trinajstić information content (AvgIpc) is 3.06. The van der Waals surface area contributed by atoms with Crippen molar-refractivity contribution in [3.63, 3.8) is 0 Å². The molecule has 1 saturated heterocycles. The van der Waals surface area contributed by atoms with Crippen molar-refractivity contribution in [2.45, 2.75) is 72.1 Å². The molecule has 0 saturated carbocycles. The highest BCUT2D eigenvalue weighted by molar-refractivity contribution is 5.97. The van der Waals surface area contributed by atoms with Crippen molar-refractivity contribution in [3.8, 4) is 5.75 Å². The summed E-state index contributed by atoms with van der Waals surface area (Å²) in [6.45, 7) is 8.47. The maximum absolute atomic E-state index is 15.2. The van der Waals surface area contributed by atoms with Crippen LogP contribution < -0.4 is 10.6 Å². The first-order valence-corrected chi connectivity index (χ1v) is 13.3. The van der Waals surface area contributed by atoms with Gasteiger partial charge < -0.3 is 25.7 Å². The van der Waals surface area contributed by atoms with E-state index < -0.39 is 59.6 Å². The third-order valence-corrected chi connectivity index (χ3v) is 7.48. The summed E-state index contributed by atoms with van der Waals surface area (Å²) in [5.74, 6) is -6.93.